The molecule has 0 aliphatic heterocycles. The summed E-state index contributed by atoms with van der Waals surface area (Å²) in [5, 5.41) is 11.0. The predicted octanol–water partition coefficient (Wildman–Crippen LogP) is 4.36. The molecule has 178 valence electrons. The number of methoxy groups -OCH3 is 1. The molecule has 0 saturated heterocycles. The van der Waals surface area contributed by atoms with Crippen LogP contribution in [0.2, 0.25) is 0 Å². The van der Waals surface area contributed by atoms with Crippen LogP contribution in [-0.4, -0.2) is 30.5 Å². The monoisotopic (exact) mass is 472 g/mol. The number of hydrogen-bond acceptors (Lipinski definition) is 6. The molecule has 0 fully saturated rings. The first-order chi connectivity index (χ1) is 16.8. The number of anilines is 2. The van der Waals surface area contributed by atoms with E-state index >= 15 is 0 Å². The third-order valence-corrected chi connectivity index (χ3v) is 5.22. The fourth-order valence-electron chi connectivity index (χ4n) is 3.59. The number of hydrazone groups is 1. The Bertz CT molecular complexity index is 1470. The molecule has 3 aromatic carbocycles. The van der Waals surface area contributed by atoms with Gasteiger partial charge in [0.15, 0.2) is 0 Å². The number of nitrogens with zero attached hydrogens (tertiary/aromatic N) is 1. The highest BCUT2D eigenvalue weighted by atomic mass is 16.5. The van der Waals surface area contributed by atoms with E-state index in [4.69, 9.17) is 9.15 Å². The second kappa shape index (κ2) is 10.1. The zero-order valence-corrected chi connectivity index (χ0v) is 19.5. The first-order valence-corrected chi connectivity index (χ1v) is 10.8. The molecule has 0 spiro atoms. The molecule has 0 saturated carbocycles. The largest absolute Gasteiger partial charge is 0.495 e. The van der Waals surface area contributed by atoms with E-state index in [-0.39, 0.29) is 12.3 Å². The number of rotatable bonds is 6. The van der Waals surface area contributed by atoms with Gasteiger partial charge in [-0.15, -0.1) is 0 Å². The summed E-state index contributed by atoms with van der Waals surface area (Å²) < 4.78 is 11.3. The minimum Gasteiger partial charge on any atom is -0.495 e. The predicted molar refractivity (Wildman–Crippen MR) is 135 cm³/mol. The van der Waals surface area contributed by atoms with Crippen LogP contribution in [-0.2, 0) is 14.4 Å². The molecular weight excluding hydrogens is 448 g/mol. The second-order valence-electron chi connectivity index (χ2n) is 7.98. The van der Waals surface area contributed by atoms with Crippen LogP contribution in [0.5, 0.6) is 5.75 Å². The van der Waals surface area contributed by atoms with E-state index in [1.54, 1.807) is 31.2 Å². The fraction of sp³-hybridized carbons (Fsp3) is 0.154. The Kier molecular flexibility index (Phi) is 6.77. The molecule has 9 heteroatoms. The van der Waals surface area contributed by atoms with E-state index in [1.165, 1.54) is 7.11 Å². The van der Waals surface area contributed by atoms with Gasteiger partial charge in [0, 0.05) is 28.2 Å². The minimum absolute atomic E-state index is 0.110. The summed E-state index contributed by atoms with van der Waals surface area (Å²) in [4.78, 5) is 36.7. The molecular formula is C26H24N4O5. The summed E-state index contributed by atoms with van der Waals surface area (Å²) in [7, 11) is 1.52. The fourth-order valence-corrected chi connectivity index (χ4v) is 3.59. The number of carbonyl (C=O) groups excluding carboxylic acids is 3. The summed E-state index contributed by atoms with van der Waals surface area (Å²) in [6.07, 6.45) is -0.110. The van der Waals surface area contributed by atoms with Crippen molar-refractivity contribution in [3.8, 4) is 5.75 Å². The van der Waals surface area contributed by atoms with Crippen molar-refractivity contribution in [1.82, 2.24) is 5.43 Å². The van der Waals surface area contributed by atoms with Crippen LogP contribution < -0.4 is 20.8 Å². The lowest BCUT2D eigenvalue weighted by Crippen LogP contribution is -2.33. The molecule has 0 aliphatic rings. The number of furan rings is 1. The first-order valence-electron chi connectivity index (χ1n) is 10.8. The number of nitrogens with one attached hydrogen (secondary N) is 3. The Balaban J connectivity index is 1.39. The Labute approximate surface area is 201 Å². The molecule has 4 aromatic rings. The summed E-state index contributed by atoms with van der Waals surface area (Å²) in [5.41, 5.74) is 5.71. The van der Waals surface area contributed by atoms with E-state index in [2.05, 4.69) is 21.2 Å². The van der Waals surface area contributed by atoms with Gasteiger partial charge in [-0.25, -0.2) is 5.43 Å². The van der Waals surface area contributed by atoms with Crippen molar-refractivity contribution in [3.63, 3.8) is 0 Å². The average Bonchev–Trinajstić information content (AvgIpc) is 3.19. The summed E-state index contributed by atoms with van der Waals surface area (Å²) in [6.45, 7) is 3.44. The molecule has 4 rings (SSSR count). The zero-order chi connectivity index (χ0) is 24.9. The van der Waals surface area contributed by atoms with Gasteiger partial charge in [-0.1, -0.05) is 30.3 Å². The number of hydrogen-bond donors (Lipinski definition) is 3. The number of carbonyl (C=O) groups is 3. The third-order valence-electron chi connectivity index (χ3n) is 5.22. The Morgan fingerprint density at radius 2 is 1.71 bits per heavy atom. The number of fused-ring (bicyclic) bond motifs is 3. The van der Waals surface area contributed by atoms with Crippen LogP contribution in [0.25, 0.3) is 21.9 Å². The Morgan fingerprint density at radius 1 is 0.914 bits per heavy atom. The quantitative estimate of drug-likeness (QED) is 0.219. The van der Waals surface area contributed by atoms with E-state index in [9.17, 15) is 14.4 Å². The van der Waals surface area contributed by atoms with Gasteiger partial charge in [0.1, 0.15) is 16.9 Å². The Morgan fingerprint density at radius 3 is 2.49 bits per heavy atom. The van der Waals surface area contributed by atoms with Gasteiger partial charge >= 0.3 is 11.8 Å². The maximum atomic E-state index is 12.6. The normalized spacial score (nSPS) is 11.3. The van der Waals surface area contributed by atoms with Crippen molar-refractivity contribution in [3.05, 3.63) is 66.2 Å². The molecule has 9 nitrogen and oxygen atoms in total. The number of para-hydroxylation sites is 1. The molecule has 1 aromatic heterocycles. The van der Waals surface area contributed by atoms with Crippen molar-refractivity contribution in [2.75, 3.05) is 17.7 Å². The van der Waals surface area contributed by atoms with E-state index in [1.807, 2.05) is 43.3 Å². The number of benzene rings is 3. The van der Waals surface area contributed by atoms with Crippen molar-refractivity contribution in [2.24, 2.45) is 5.10 Å². The second-order valence-corrected chi connectivity index (χ2v) is 7.98. The lowest BCUT2D eigenvalue weighted by Gasteiger charge is -2.10. The topological polar surface area (TPSA) is 122 Å². The van der Waals surface area contributed by atoms with E-state index in [0.29, 0.717) is 28.4 Å². The minimum atomic E-state index is -0.941. The Hall–Kier alpha value is -4.66. The van der Waals surface area contributed by atoms with Crippen LogP contribution in [0.4, 0.5) is 11.4 Å². The van der Waals surface area contributed by atoms with Crippen molar-refractivity contribution >= 4 is 56.7 Å². The highest BCUT2D eigenvalue weighted by molar-refractivity contribution is 6.39. The van der Waals surface area contributed by atoms with Gasteiger partial charge < -0.3 is 19.8 Å². The van der Waals surface area contributed by atoms with E-state index < -0.39 is 11.8 Å². The van der Waals surface area contributed by atoms with Gasteiger partial charge in [-0.05, 0) is 43.7 Å². The van der Waals surface area contributed by atoms with Crippen LogP contribution >= 0.6 is 0 Å². The lowest BCUT2D eigenvalue weighted by molar-refractivity contribution is -0.136. The molecule has 3 N–H and O–H groups in total. The van der Waals surface area contributed by atoms with E-state index in [0.717, 1.165) is 21.9 Å². The van der Waals surface area contributed by atoms with Crippen molar-refractivity contribution < 1.29 is 23.5 Å². The van der Waals surface area contributed by atoms with Gasteiger partial charge in [-0.3, -0.25) is 14.4 Å². The summed E-state index contributed by atoms with van der Waals surface area (Å²) in [6, 6.07) is 18.2. The summed E-state index contributed by atoms with van der Waals surface area (Å²) >= 11 is 0. The van der Waals surface area contributed by atoms with Gasteiger partial charge in [-0.2, -0.15) is 5.10 Å². The van der Waals surface area contributed by atoms with Crippen LogP contribution in [0.1, 0.15) is 18.9 Å². The highest BCUT2D eigenvalue weighted by Gasteiger charge is 2.16. The standard InChI is InChI=1S/C26H24N4O5/c1-15-7-6-8-17(11-15)27-25(32)26(33)30-29-16(2)12-24(31)28-20-14-22-19(13-23(20)34-3)18-9-4-5-10-21(18)35-22/h4-11,13-14H,12H2,1-3H3,(H,27,32)(H,28,31)(H,30,33)/b29-16+. The molecule has 0 aliphatic carbocycles. The maximum Gasteiger partial charge on any atom is 0.329 e. The smallest absolute Gasteiger partial charge is 0.329 e. The third kappa shape index (κ3) is 5.47. The number of aryl methyl sites for hydroxylation is 1. The van der Waals surface area contributed by atoms with Gasteiger partial charge in [0.2, 0.25) is 5.91 Å². The first kappa shape index (κ1) is 23.5. The van der Waals surface area contributed by atoms with Crippen LogP contribution in [0.3, 0.4) is 0 Å². The average molecular weight is 473 g/mol. The molecule has 0 bridgehead atoms. The lowest BCUT2D eigenvalue weighted by atomic mass is 10.1. The van der Waals surface area contributed by atoms with Crippen LogP contribution in [0.15, 0.2) is 70.2 Å². The highest BCUT2D eigenvalue weighted by Crippen LogP contribution is 2.36. The molecule has 0 unspecified atom stereocenters. The molecule has 0 radical (unpaired) electrons. The zero-order valence-electron chi connectivity index (χ0n) is 19.5. The van der Waals surface area contributed by atoms with Crippen molar-refractivity contribution in [2.45, 2.75) is 20.3 Å². The molecule has 0 atom stereocenters. The maximum absolute atomic E-state index is 12.6. The molecule has 1 heterocycles. The number of ether oxygens (including phenoxy) is 1. The van der Waals surface area contributed by atoms with Gasteiger partial charge in [0.25, 0.3) is 0 Å². The summed E-state index contributed by atoms with van der Waals surface area (Å²) in [5.74, 6) is -1.70. The number of amides is 3. The molecule has 3 amide bonds. The SMILES string of the molecule is COc1cc2c(cc1NC(=O)C/C(C)=N/NC(=O)C(=O)Nc1cccc(C)c1)oc1ccccc12. The van der Waals surface area contributed by atoms with Crippen molar-refractivity contribution in [1.29, 1.82) is 0 Å². The van der Waals surface area contributed by atoms with Crippen LogP contribution in [0, 0.1) is 6.92 Å². The molecule has 35 heavy (non-hydrogen) atoms. The van der Waals surface area contributed by atoms with Gasteiger partial charge in [0.05, 0.1) is 19.2 Å².